The molecule has 5 heteroatoms. The van der Waals surface area contributed by atoms with Crippen LogP contribution < -0.4 is 0 Å². The number of aryl methyl sites for hydroxylation is 1. The highest BCUT2D eigenvalue weighted by molar-refractivity contribution is 5.85. The van der Waals surface area contributed by atoms with Gasteiger partial charge in [-0.3, -0.25) is 9.36 Å². The fraction of sp³-hybridized carbons (Fsp3) is 0.517. The zero-order valence-electron chi connectivity index (χ0n) is 21.6. The number of benzene rings is 2. The third-order valence-electron chi connectivity index (χ3n) is 6.96. The van der Waals surface area contributed by atoms with E-state index >= 15 is 0 Å². The Morgan fingerprint density at radius 3 is 1.59 bits per heavy atom. The number of halogens is 1. The van der Waals surface area contributed by atoms with Crippen molar-refractivity contribution in [2.24, 2.45) is 0 Å². The molecule has 2 aromatic carbocycles. The van der Waals surface area contributed by atoms with E-state index in [9.17, 15) is 4.39 Å². The van der Waals surface area contributed by atoms with Gasteiger partial charge >= 0.3 is 0 Å². The SMILES string of the molecule is CC(C)(C)c1c(F)ccc2cnn(C3CC3)c12.Cc1ccc2cnn(C3CC3)c2c1C(C)(C)C. The van der Waals surface area contributed by atoms with Crippen LogP contribution in [0, 0.1) is 12.7 Å². The number of hydrogen-bond acceptors (Lipinski definition) is 2. The van der Waals surface area contributed by atoms with Gasteiger partial charge in [-0.05, 0) is 66.7 Å². The quantitative estimate of drug-likeness (QED) is 0.306. The fourth-order valence-electron chi connectivity index (χ4n) is 5.21. The van der Waals surface area contributed by atoms with Crippen molar-refractivity contribution in [3.63, 3.8) is 0 Å². The minimum Gasteiger partial charge on any atom is -0.262 e. The predicted molar refractivity (Wildman–Crippen MR) is 138 cm³/mol. The lowest BCUT2D eigenvalue weighted by Gasteiger charge is -2.23. The normalized spacial score (nSPS) is 16.7. The average molecular weight is 461 g/mol. The molecule has 0 aliphatic heterocycles. The number of rotatable bonds is 2. The Hall–Kier alpha value is -2.69. The van der Waals surface area contributed by atoms with Crippen molar-refractivity contribution < 1.29 is 4.39 Å². The second-order valence-corrected chi connectivity index (χ2v) is 12.2. The number of aromatic nitrogens is 4. The van der Waals surface area contributed by atoms with Crippen molar-refractivity contribution in [2.75, 3.05) is 0 Å². The minimum absolute atomic E-state index is 0.118. The van der Waals surface area contributed by atoms with Crippen LogP contribution in [0.5, 0.6) is 0 Å². The van der Waals surface area contributed by atoms with E-state index in [1.807, 2.05) is 23.1 Å². The van der Waals surface area contributed by atoms with E-state index in [2.05, 4.69) is 75.5 Å². The molecule has 34 heavy (non-hydrogen) atoms. The molecule has 2 aliphatic carbocycles. The van der Waals surface area contributed by atoms with Crippen molar-refractivity contribution in [1.29, 1.82) is 0 Å². The molecular weight excluding hydrogens is 423 g/mol. The highest BCUT2D eigenvalue weighted by atomic mass is 19.1. The molecule has 4 aromatic rings. The second kappa shape index (κ2) is 7.93. The van der Waals surface area contributed by atoms with Gasteiger partial charge in [0.05, 0.1) is 35.5 Å². The Balaban J connectivity index is 0.000000142. The largest absolute Gasteiger partial charge is 0.262 e. The maximum atomic E-state index is 14.1. The number of hydrogen-bond donors (Lipinski definition) is 0. The monoisotopic (exact) mass is 460 g/mol. The van der Waals surface area contributed by atoms with E-state index in [1.165, 1.54) is 34.9 Å². The van der Waals surface area contributed by atoms with Crippen LogP contribution in [0.2, 0.25) is 0 Å². The molecule has 0 radical (unpaired) electrons. The highest BCUT2D eigenvalue weighted by Crippen LogP contribution is 2.41. The van der Waals surface area contributed by atoms with Gasteiger partial charge in [0, 0.05) is 16.3 Å². The van der Waals surface area contributed by atoms with Crippen molar-refractivity contribution in [2.45, 2.75) is 97.1 Å². The Bertz CT molecular complexity index is 1250. The molecule has 2 aliphatic rings. The molecule has 2 saturated carbocycles. The third-order valence-corrected chi connectivity index (χ3v) is 6.96. The van der Waals surface area contributed by atoms with E-state index in [0.717, 1.165) is 29.3 Å². The van der Waals surface area contributed by atoms with Crippen molar-refractivity contribution in [3.8, 4) is 0 Å². The molecule has 0 atom stereocenters. The van der Waals surface area contributed by atoms with Crippen LogP contribution in [0.15, 0.2) is 36.7 Å². The highest BCUT2D eigenvalue weighted by Gasteiger charge is 2.31. The van der Waals surface area contributed by atoms with Crippen molar-refractivity contribution in [3.05, 3.63) is 59.2 Å². The summed E-state index contributed by atoms with van der Waals surface area (Å²) in [5, 5.41) is 11.3. The summed E-state index contributed by atoms with van der Waals surface area (Å²) in [7, 11) is 0. The maximum absolute atomic E-state index is 14.1. The summed E-state index contributed by atoms with van der Waals surface area (Å²) in [6, 6.07) is 8.94. The predicted octanol–water partition coefficient (Wildman–Crippen LogP) is 7.78. The first-order chi connectivity index (χ1) is 16.0. The molecule has 0 unspecified atom stereocenters. The zero-order valence-corrected chi connectivity index (χ0v) is 21.6. The van der Waals surface area contributed by atoms with E-state index in [-0.39, 0.29) is 16.6 Å². The topological polar surface area (TPSA) is 35.6 Å². The number of nitrogens with zero attached hydrogens (tertiary/aromatic N) is 4. The van der Waals surface area contributed by atoms with Crippen LogP contribution in [0.3, 0.4) is 0 Å². The van der Waals surface area contributed by atoms with Crippen LogP contribution >= 0.6 is 0 Å². The third kappa shape index (κ3) is 4.14. The summed E-state index contributed by atoms with van der Waals surface area (Å²) in [5.74, 6) is -0.118. The Labute approximate surface area is 202 Å². The second-order valence-electron chi connectivity index (χ2n) is 12.2. The van der Waals surface area contributed by atoms with Crippen LogP contribution in [-0.4, -0.2) is 19.6 Å². The van der Waals surface area contributed by atoms with Crippen LogP contribution in [0.4, 0.5) is 4.39 Å². The molecule has 2 aromatic heterocycles. The van der Waals surface area contributed by atoms with Crippen LogP contribution in [-0.2, 0) is 10.8 Å². The van der Waals surface area contributed by atoms with Gasteiger partial charge in [0.15, 0.2) is 0 Å². The summed E-state index contributed by atoms with van der Waals surface area (Å²) in [5.41, 5.74) is 5.96. The van der Waals surface area contributed by atoms with Gasteiger partial charge in [0.2, 0.25) is 0 Å². The van der Waals surface area contributed by atoms with Crippen molar-refractivity contribution in [1.82, 2.24) is 19.6 Å². The summed E-state index contributed by atoms with van der Waals surface area (Å²) in [6.45, 7) is 15.2. The number of fused-ring (bicyclic) bond motifs is 2. The summed E-state index contributed by atoms with van der Waals surface area (Å²) in [4.78, 5) is 0. The van der Waals surface area contributed by atoms with E-state index in [0.29, 0.717) is 12.1 Å². The van der Waals surface area contributed by atoms with Gasteiger partial charge in [-0.1, -0.05) is 53.7 Å². The summed E-state index contributed by atoms with van der Waals surface area (Å²) < 4.78 is 18.4. The minimum atomic E-state index is -0.198. The van der Waals surface area contributed by atoms with Gasteiger partial charge in [0.1, 0.15) is 5.82 Å². The Kier molecular flexibility index (Phi) is 5.38. The Morgan fingerprint density at radius 2 is 1.15 bits per heavy atom. The molecule has 2 heterocycles. The molecule has 2 fully saturated rings. The summed E-state index contributed by atoms with van der Waals surface area (Å²) >= 11 is 0. The molecule has 6 rings (SSSR count). The molecule has 0 saturated heterocycles. The first-order valence-corrected chi connectivity index (χ1v) is 12.6. The maximum Gasteiger partial charge on any atom is 0.129 e. The van der Waals surface area contributed by atoms with Gasteiger partial charge in [-0.2, -0.15) is 10.2 Å². The van der Waals surface area contributed by atoms with Gasteiger partial charge in [-0.15, -0.1) is 0 Å². The smallest absolute Gasteiger partial charge is 0.129 e. The van der Waals surface area contributed by atoms with Crippen LogP contribution in [0.25, 0.3) is 21.8 Å². The lowest BCUT2D eigenvalue weighted by molar-refractivity contribution is 0.522. The zero-order chi connectivity index (χ0) is 24.4. The van der Waals surface area contributed by atoms with E-state index in [1.54, 1.807) is 6.07 Å². The lowest BCUT2D eigenvalue weighted by atomic mass is 9.83. The molecule has 180 valence electrons. The molecule has 0 amide bonds. The van der Waals surface area contributed by atoms with Crippen molar-refractivity contribution >= 4 is 21.8 Å². The Morgan fingerprint density at radius 1 is 0.706 bits per heavy atom. The van der Waals surface area contributed by atoms with E-state index in [4.69, 9.17) is 0 Å². The molecule has 4 nitrogen and oxygen atoms in total. The van der Waals surface area contributed by atoms with Gasteiger partial charge in [0.25, 0.3) is 0 Å². The standard InChI is InChI=1S/C15H20N2.C14H17FN2/c1-10-5-6-11-9-16-17(12-7-8-12)14(11)13(10)15(2,3)4;1-14(2,3)12-11(15)7-4-9-8-16-17(13(9)12)10-5-6-10/h5-6,9,12H,7-8H2,1-4H3;4,7-8,10H,5-6H2,1-3H3. The molecule has 0 N–H and O–H groups in total. The van der Waals surface area contributed by atoms with Gasteiger partial charge in [-0.25, -0.2) is 4.39 Å². The first kappa shape index (κ1) is 23.1. The molecule has 0 spiro atoms. The molecule has 0 bridgehead atoms. The van der Waals surface area contributed by atoms with E-state index < -0.39 is 0 Å². The average Bonchev–Trinajstić information content (AvgIpc) is 3.67. The van der Waals surface area contributed by atoms with Crippen LogP contribution in [0.1, 0.15) is 96.0 Å². The molecular formula is C29H37FN4. The fourth-order valence-corrected chi connectivity index (χ4v) is 5.21. The summed E-state index contributed by atoms with van der Waals surface area (Å²) in [6.07, 6.45) is 8.76. The lowest BCUT2D eigenvalue weighted by Crippen LogP contribution is -2.16. The van der Waals surface area contributed by atoms with Gasteiger partial charge < -0.3 is 0 Å². The first-order valence-electron chi connectivity index (χ1n) is 12.6.